The topological polar surface area (TPSA) is 192 Å². The van der Waals surface area contributed by atoms with Crippen molar-refractivity contribution in [2.75, 3.05) is 0 Å². The van der Waals surface area contributed by atoms with Gasteiger partial charge >= 0.3 is 46.9 Å². The van der Waals surface area contributed by atoms with Gasteiger partial charge in [0.1, 0.15) is 0 Å². The van der Waals surface area contributed by atoms with Gasteiger partial charge in [0.25, 0.3) is 0 Å². The molecule has 0 aromatic carbocycles. The van der Waals surface area contributed by atoms with E-state index in [2.05, 4.69) is 0 Å². The Morgan fingerprint density at radius 3 is 0.692 bits per heavy atom. The van der Waals surface area contributed by atoms with Crippen LogP contribution < -0.4 is 29.6 Å². The Bertz CT molecular complexity index is 214. The zero-order valence-corrected chi connectivity index (χ0v) is 10.9. The van der Waals surface area contributed by atoms with Gasteiger partial charge in [-0.15, -0.1) is 0 Å². The van der Waals surface area contributed by atoms with Gasteiger partial charge in [-0.3, -0.25) is 16.8 Å². The van der Waals surface area contributed by atoms with Crippen LogP contribution in [0, 0.1) is 0 Å². The molecule has 9 nitrogen and oxygen atoms in total. The van der Waals surface area contributed by atoms with Crippen LogP contribution in [0.2, 0.25) is 0 Å². The van der Waals surface area contributed by atoms with Gasteiger partial charge < -0.3 is 23.7 Å². The van der Waals surface area contributed by atoms with Crippen molar-refractivity contribution in [1.82, 2.24) is 0 Å². The molecule has 0 spiro atoms. The predicted octanol–water partition coefficient (Wildman–Crippen LogP) is -6.88. The summed E-state index contributed by atoms with van der Waals surface area (Å²) in [6.07, 6.45) is 0. The van der Waals surface area contributed by atoms with E-state index in [-0.39, 0.29) is 52.4 Å². The third-order valence-electron chi connectivity index (χ3n) is 0. The van der Waals surface area contributed by atoms with Crippen LogP contribution in [0.15, 0.2) is 0 Å². The van der Waals surface area contributed by atoms with Crippen LogP contribution in [-0.4, -0.2) is 57.9 Å². The maximum absolute atomic E-state index is 8.52. The zero-order valence-electron chi connectivity index (χ0n) is 6.16. The molecule has 0 aliphatic rings. The first-order valence-electron chi connectivity index (χ1n) is 1.33. The largest absolute Gasteiger partial charge is 3.00 e. The van der Waals surface area contributed by atoms with E-state index in [0.717, 1.165) is 0 Å². The van der Waals surface area contributed by atoms with Crippen molar-refractivity contribution >= 4 is 38.2 Å². The fraction of sp³-hybridized carbons (Fsp3) is 0. The van der Waals surface area contributed by atoms with E-state index < -0.39 is 20.8 Å². The maximum Gasteiger partial charge on any atom is 3.00 e. The molecule has 2 N–H and O–H groups in total. The van der Waals surface area contributed by atoms with E-state index in [1.165, 1.54) is 0 Å². The van der Waals surface area contributed by atoms with Gasteiger partial charge in [0, 0.05) is 20.8 Å². The second-order valence-electron chi connectivity index (χ2n) is 0.816. The number of hydrogen-bond acceptors (Lipinski definition) is 8. The molecule has 0 aromatic rings. The summed E-state index contributed by atoms with van der Waals surface area (Å²) in [5.74, 6) is 0. The molecule has 0 atom stereocenters. The summed E-state index contributed by atoms with van der Waals surface area (Å²) in [7, 11) is -10.3. The minimum atomic E-state index is -5.17. The normalized spacial score (nSPS) is 8.92. The standard InChI is InChI=1S/Al.Na.2H2O4S.H2O/c;;2*1-5(2,3)4;/h;;2*(H2,1,2,3,4);1H2/q+3;+1;;;/p-4. The monoisotopic (exact) mass is 260 g/mol. The smallest absolute Gasteiger partial charge is 0.759 e. The van der Waals surface area contributed by atoms with Gasteiger partial charge in [-0.2, -0.15) is 0 Å². The fourth-order valence-electron chi connectivity index (χ4n) is 0. The first-order valence-corrected chi connectivity index (χ1v) is 4.00. The Morgan fingerprint density at radius 1 is 0.692 bits per heavy atom. The fourth-order valence-corrected chi connectivity index (χ4v) is 0. The third kappa shape index (κ3) is 1100. The molecule has 0 rings (SSSR count). The first-order chi connectivity index (χ1) is 4.00. The Hall–Kier alpha value is 1.23. The summed E-state index contributed by atoms with van der Waals surface area (Å²) >= 11 is 0. The molecular formula is H2AlNaO9S2. The second-order valence-corrected chi connectivity index (χ2v) is 2.45. The van der Waals surface area contributed by atoms with Crippen LogP contribution in [-0.2, 0) is 20.8 Å². The maximum atomic E-state index is 8.52. The van der Waals surface area contributed by atoms with E-state index in [9.17, 15) is 0 Å². The van der Waals surface area contributed by atoms with Gasteiger partial charge in [0.05, 0.1) is 0 Å². The van der Waals surface area contributed by atoms with Gasteiger partial charge in [-0.05, 0) is 0 Å². The summed E-state index contributed by atoms with van der Waals surface area (Å²) in [6.45, 7) is 0. The molecule has 13 heteroatoms. The van der Waals surface area contributed by atoms with Crippen LogP contribution in [0.25, 0.3) is 0 Å². The van der Waals surface area contributed by atoms with Crippen LogP contribution in [0.4, 0.5) is 0 Å². The molecule has 0 heterocycles. The molecule has 0 unspecified atom stereocenters. The van der Waals surface area contributed by atoms with E-state index in [1.807, 2.05) is 0 Å². The van der Waals surface area contributed by atoms with E-state index in [1.54, 1.807) is 0 Å². The Balaban J connectivity index is -0.0000000267. The van der Waals surface area contributed by atoms with E-state index in [0.29, 0.717) is 0 Å². The molecular weight excluding hydrogens is 258 g/mol. The first kappa shape index (κ1) is 29.2. The van der Waals surface area contributed by atoms with Crippen molar-refractivity contribution < 1.29 is 70.1 Å². The SMILES string of the molecule is O.O=S(=O)([O-])[O-].O=S(=O)([O-])[O-].[Al+3].[Na+]. The Labute approximate surface area is 107 Å². The van der Waals surface area contributed by atoms with Crippen LogP contribution in [0.5, 0.6) is 0 Å². The zero-order chi connectivity index (χ0) is 9.00. The molecule has 0 aromatic heterocycles. The molecule has 72 valence electrons. The summed E-state index contributed by atoms with van der Waals surface area (Å²) in [4.78, 5) is 0. The van der Waals surface area contributed by atoms with E-state index >= 15 is 0 Å². The van der Waals surface area contributed by atoms with Crippen molar-refractivity contribution in [1.29, 1.82) is 0 Å². The van der Waals surface area contributed by atoms with Crippen molar-refractivity contribution in [3.05, 3.63) is 0 Å². The number of hydrogen-bond donors (Lipinski definition) is 0. The molecule has 0 saturated carbocycles. The summed E-state index contributed by atoms with van der Waals surface area (Å²) < 4.78 is 68.2. The van der Waals surface area contributed by atoms with Crippen LogP contribution >= 0.6 is 0 Å². The van der Waals surface area contributed by atoms with Gasteiger partial charge in [0.2, 0.25) is 0 Å². The average molecular weight is 260 g/mol. The number of rotatable bonds is 0. The Kier molecular flexibility index (Phi) is 25.4. The summed E-state index contributed by atoms with van der Waals surface area (Å²) in [5, 5.41) is 0. The Morgan fingerprint density at radius 2 is 0.692 bits per heavy atom. The molecule has 0 amide bonds. The van der Waals surface area contributed by atoms with Crippen LogP contribution in [0.3, 0.4) is 0 Å². The predicted molar refractivity (Wildman–Crippen MR) is 30.3 cm³/mol. The molecule has 0 bridgehead atoms. The van der Waals surface area contributed by atoms with Crippen molar-refractivity contribution in [3.8, 4) is 0 Å². The molecule has 0 saturated heterocycles. The van der Waals surface area contributed by atoms with Crippen molar-refractivity contribution in [2.45, 2.75) is 0 Å². The summed E-state index contributed by atoms with van der Waals surface area (Å²) in [5.41, 5.74) is 0. The minimum absolute atomic E-state index is 0. The van der Waals surface area contributed by atoms with Gasteiger partial charge in [0.15, 0.2) is 0 Å². The quantitative estimate of drug-likeness (QED) is 0.233. The minimum Gasteiger partial charge on any atom is -0.759 e. The van der Waals surface area contributed by atoms with Gasteiger partial charge in [-0.25, -0.2) is 0 Å². The molecule has 13 heavy (non-hydrogen) atoms. The summed E-state index contributed by atoms with van der Waals surface area (Å²) in [6, 6.07) is 0. The second kappa shape index (κ2) is 11.3. The van der Waals surface area contributed by atoms with Crippen LogP contribution in [0.1, 0.15) is 0 Å². The third-order valence-corrected chi connectivity index (χ3v) is 0. The van der Waals surface area contributed by atoms with Crippen molar-refractivity contribution in [2.24, 2.45) is 0 Å². The molecule has 0 fully saturated rings. The molecule has 0 aliphatic carbocycles. The average Bonchev–Trinajstić information content (AvgIpc) is 1.12. The molecule has 0 aliphatic heterocycles. The van der Waals surface area contributed by atoms with E-state index in [4.69, 9.17) is 35.0 Å². The van der Waals surface area contributed by atoms with Gasteiger partial charge in [-0.1, -0.05) is 0 Å². The van der Waals surface area contributed by atoms with Crippen molar-refractivity contribution in [3.63, 3.8) is 0 Å². The molecule has 0 radical (unpaired) electrons.